The summed E-state index contributed by atoms with van der Waals surface area (Å²) in [5.74, 6) is 1.07. The van der Waals surface area contributed by atoms with Crippen molar-refractivity contribution in [3.63, 3.8) is 0 Å². The number of pyridine rings is 1. The molecule has 0 saturated carbocycles. The van der Waals surface area contributed by atoms with Crippen molar-refractivity contribution in [2.75, 3.05) is 5.75 Å². The standard InChI is InChI=1S/C12H12N4S3/c1-2-3-7-17-11-15-16-12(19-11)18-10-9(8-13)5-4-6-14-10/h4-6H,2-3,7H2,1H3. The maximum absolute atomic E-state index is 9.00. The number of unbranched alkanes of at least 4 members (excludes halogenated alkanes) is 1. The lowest BCUT2D eigenvalue weighted by molar-refractivity contribution is 0.892. The van der Waals surface area contributed by atoms with E-state index in [0.29, 0.717) is 10.6 Å². The molecule has 19 heavy (non-hydrogen) atoms. The summed E-state index contributed by atoms with van der Waals surface area (Å²) in [4.78, 5) is 4.20. The highest BCUT2D eigenvalue weighted by Crippen LogP contribution is 2.33. The van der Waals surface area contributed by atoms with Gasteiger partial charge in [0.05, 0.1) is 5.56 Å². The normalized spacial score (nSPS) is 10.3. The Morgan fingerprint density at radius 2 is 2.21 bits per heavy atom. The highest BCUT2D eigenvalue weighted by Gasteiger charge is 2.10. The van der Waals surface area contributed by atoms with E-state index in [1.807, 2.05) is 0 Å². The zero-order valence-corrected chi connectivity index (χ0v) is 12.8. The SMILES string of the molecule is CCCCSc1nnc(Sc2ncccc2C#N)s1. The van der Waals surface area contributed by atoms with Gasteiger partial charge >= 0.3 is 0 Å². The van der Waals surface area contributed by atoms with Gasteiger partial charge in [-0.1, -0.05) is 36.4 Å². The molecule has 0 aliphatic carbocycles. The van der Waals surface area contributed by atoms with Gasteiger partial charge in [-0.15, -0.1) is 10.2 Å². The van der Waals surface area contributed by atoms with Gasteiger partial charge in [-0.3, -0.25) is 0 Å². The van der Waals surface area contributed by atoms with E-state index in [2.05, 4.69) is 28.2 Å². The largest absolute Gasteiger partial charge is 0.248 e. The fraction of sp³-hybridized carbons (Fsp3) is 0.333. The van der Waals surface area contributed by atoms with Crippen molar-refractivity contribution in [3.8, 4) is 6.07 Å². The van der Waals surface area contributed by atoms with E-state index < -0.39 is 0 Å². The van der Waals surface area contributed by atoms with Crippen LogP contribution in [0.25, 0.3) is 0 Å². The minimum atomic E-state index is 0.572. The molecule has 0 spiro atoms. The lowest BCUT2D eigenvalue weighted by Gasteiger charge is -1.97. The van der Waals surface area contributed by atoms with Crippen molar-refractivity contribution in [2.24, 2.45) is 0 Å². The third-order valence-electron chi connectivity index (χ3n) is 2.19. The summed E-state index contributed by atoms with van der Waals surface area (Å²) in [6.45, 7) is 2.17. The van der Waals surface area contributed by atoms with Gasteiger partial charge in [0.15, 0.2) is 8.68 Å². The molecule has 4 nitrogen and oxygen atoms in total. The molecule has 7 heteroatoms. The zero-order valence-electron chi connectivity index (χ0n) is 10.4. The number of rotatable bonds is 6. The fourth-order valence-corrected chi connectivity index (χ4v) is 4.36. The number of nitriles is 1. The van der Waals surface area contributed by atoms with Gasteiger partial charge in [0.25, 0.3) is 0 Å². The molecule has 0 unspecified atom stereocenters. The maximum Gasteiger partial charge on any atom is 0.181 e. The van der Waals surface area contributed by atoms with Crippen LogP contribution in [0.4, 0.5) is 0 Å². The molecule has 0 aromatic carbocycles. The quantitative estimate of drug-likeness (QED) is 0.596. The number of nitrogens with zero attached hydrogens (tertiary/aromatic N) is 4. The minimum absolute atomic E-state index is 0.572. The second-order valence-electron chi connectivity index (χ2n) is 3.61. The number of aromatic nitrogens is 3. The average molecular weight is 308 g/mol. The monoisotopic (exact) mass is 308 g/mol. The Bertz CT molecular complexity index is 576. The van der Waals surface area contributed by atoms with Gasteiger partial charge in [-0.05, 0) is 30.3 Å². The van der Waals surface area contributed by atoms with Crippen LogP contribution in [-0.4, -0.2) is 20.9 Å². The molecular weight excluding hydrogens is 296 g/mol. The fourth-order valence-electron chi connectivity index (χ4n) is 1.24. The lowest BCUT2D eigenvalue weighted by Crippen LogP contribution is -1.84. The summed E-state index contributed by atoms with van der Waals surface area (Å²) in [5, 5.41) is 18.0. The molecule has 0 aliphatic rings. The number of hydrogen-bond donors (Lipinski definition) is 0. The molecule has 0 radical (unpaired) electrons. The third kappa shape index (κ3) is 4.20. The number of thioether (sulfide) groups is 1. The van der Waals surface area contributed by atoms with Crippen molar-refractivity contribution in [1.82, 2.24) is 15.2 Å². The highest BCUT2D eigenvalue weighted by atomic mass is 32.2. The van der Waals surface area contributed by atoms with Gasteiger partial charge in [0, 0.05) is 11.9 Å². The van der Waals surface area contributed by atoms with Crippen molar-refractivity contribution >= 4 is 34.9 Å². The van der Waals surface area contributed by atoms with Crippen LogP contribution in [0.5, 0.6) is 0 Å². The number of hydrogen-bond acceptors (Lipinski definition) is 7. The summed E-state index contributed by atoms with van der Waals surface area (Å²) < 4.78 is 1.81. The van der Waals surface area contributed by atoms with Crippen LogP contribution in [0.3, 0.4) is 0 Å². The van der Waals surface area contributed by atoms with Crippen molar-refractivity contribution in [1.29, 1.82) is 5.26 Å². The van der Waals surface area contributed by atoms with Crippen LogP contribution in [0.1, 0.15) is 25.3 Å². The van der Waals surface area contributed by atoms with E-state index in [1.54, 1.807) is 41.4 Å². The van der Waals surface area contributed by atoms with Crippen LogP contribution in [0, 0.1) is 11.3 Å². The minimum Gasteiger partial charge on any atom is -0.248 e. The van der Waals surface area contributed by atoms with Crippen molar-refractivity contribution in [2.45, 2.75) is 33.5 Å². The van der Waals surface area contributed by atoms with Gasteiger partial charge in [-0.2, -0.15) is 5.26 Å². The van der Waals surface area contributed by atoms with Crippen molar-refractivity contribution in [3.05, 3.63) is 23.9 Å². The maximum atomic E-state index is 9.00. The van der Waals surface area contributed by atoms with E-state index in [-0.39, 0.29) is 0 Å². The van der Waals surface area contributed by atoms with E-state index in [4.69, 9.17) is 5.26 Å². The van der Waals surface area contributed by atoms with Gasteiger partial charge in [0.1, 0.15) is 11.1 Å². The Morgan fingerprint density at radius 3 is 3.00 bits per heavy atom. The molecule has 0 fully saturated rings. The molecule has 0 atom stereocenters. The second kappa shape index (κ2) is 7.48. The van der Waals surface area contributed by atoms with Crippen molar-refractivity contribution < 1.29 is 0 Å². The zero-order chi connectivity index (χ0) is 13.5. The van der Waals surface area contributed by atoms with Crippen LogP contribution >= 0.6 is 34.9 Å². The summed E-state index contributed by atoms with van der Waals surface area (Å²) in [6.07, 6.45) is 4.06. The van der Waals surface area contributed by atoms with E-state index in [0.717, 1.165) is 14.4 Å². The second-order valence-corrected chi connectivity index (χ2v) is 7.16. The Kier molecular flexibility index (Phi) is 5.63. The average Bonchev–Trinajstić information content (AvgIpc) is 2.87. The van der Waals surface area contributed by atoms with Gasteiger partial charge in [-0.25, -0.2) is 4.98 Å². The van der Waals surface area contributed by atoms with Crippen LogP contribution in [-0.2, 0) is 0 Å². The predicted molar refractivity (Wildman–Crippen MR) is 78.6 cm³/mol. The third-order valence-corrected chi connectivity index (χ3v) is 5.40. The summed E-state index contributed by atoms with van der Waals surface area (Å²) in [7, 11) is 0. The Hall–Kier alpha value is -1.10. The first-order valence-electron chi connectivity index (χ1n) is 5.82. The molecule has 2 aromatic heterocycles. The smallest absolute Gasteiger partial charge is 0.181 e. The molecular formula is C12H12N4S3. The first-order chi connectivity index (χ1) is 9.33. The molecule has 0 N–H and O–H groups in total. The molecule has 0 bridgehead atoms. The molecule has 2 aromatic rings. The van der Waals surface area contributed by atoms with Crippen LogP contribution in [0.2, 0.25) is 0 Å². The molecule has 0 amide bonds. The Morgan fingerprint density at radius 1 is 1.37 bits per heavy atom. The Balaban J connectivity index is 2.02. The summed E-state index contributed by atoms with van der Waals surface area (Å²) in [6, 6.07) is 5.65. The molecule has 98 valence electrons. The lowest BCUT2D eigenvalue weighted by atomic mass is 10.3. The molecule has 2 rings (SSSR count). The molecule has 2 heterocycles. The summed E-state index contributed by atoms with van der Waals surface area (Å²) in [5.41, 5.74) is 0.572. The molecule has 0 aliphatic heterocycles. The molecule has 0 saturated heterocycles. The van der Waals surface area contributed by atoms with E-state index in [9.17, 15) is 0 Å². The van der Waals surface area contributed by atoms with Gasteiger partial charge in [0.2, 0.25) is 0 Å². The van der Waals surface area contributed by atoms with Gasteiger partial charge < -0.3 is 0 Å². The van der Waals surface area contributed by atoms with E-state index in [1.165, 1.54) is 24.6 Å². The first-order valence-corrected chi connectivity index (χ1v) is 8.44. The predicted octanol–water partition coefficient (Wildman–Crippen LogP) is 3.85. The topological polar surface area (TPSA) is 62.5 Å². The first kappa shape index (κ1) is 14.3. The Labute approximate surface area is 124 Å². The highest BCUT2D eigenvalue weighted by molar-refractivity contribution is 8.03. The summed E-state index contributed by atoms with van der Waals surface area (Å²) >= 11 is 4.68. The van der Waals surface area contributed by atoms with E-state index >= 15 is 0 Å². The van der Waals surface area contributed by atoms with Crippen LogP contribution < -0.4 is 0 Å². The van der Waals surface area contributed by atoms with Crippen LogP contribution in [0.15, 0.2) is 32.0 Å².